The number of hydrogen-bond donors (Lipinski definition) is 3. The van der Waals surface area contributed by atoms with Gasteiger partial charge < -0.3 is 14.5 Å². The Hall–Kier alpha value is -3.44. The zero-order valence-electron chi connectivity index (χ0n) is 16.5. The smallest absolute Gasteiger partial charge is 0.240 e. The number of aromatic nitrogens is 4. The Balaban J connectivity index is 1.85. The van der Waals surface area contributed by atoms with E-state index in [0.29, 0.717) is 34.0 Å². The van der Waals surface area contributed by atoms with E-state index >= 15 is 0 Å². The molecule has 10 nitrogen and oxygen atoms in total. The standard InChI is InChI=1S/C19H20N6O4S/c1-11(2)29-15-5-4-13(30(26,27)20-3)8-14(15)23-18-16-17(12-6-7-28-9-12)24-25-19(16)22-10-21-18/h4-11,20H,1-3H3,(H2,21,22,23,24,25). The molecule has 30 heavy (non-hydrogen) atoms. The molecule has 0 saturated heterocycles. The number of anilines is 2. The SMILES string of the molecule is CNS(=O)(=O)c1ccc(OC(C)C)c(Nc2ncnc3n[nH]c(-c4ccoc4)c23)c1. The first kappa shape index (κ1) is 19.9. The van der Waals surface area contributed by atoms with Crippen LogP contribution in [-0.4, -0.2) is 41.7 Å². The molecule has 3 aromatic heterocycles. The lowest BCUT2D eigenvalue weighted by atomic mass is 10.2. The molecule has 4 aromatic rings. The van der Waals surface area contributed by atoms with E-state index in [4.69, 9.17) is 9.15 Å². The maximum absolute atomic E-state index is 12.3. The summed E-state index contributed by atoms with van der Waals surface area (Å²) in [6, 6.07) is 6.38. The second-order valence-electron chi connectivity index (χ2n) is 6.69. The Bertz CT molecular complexity index is 1280. The van der Waals surface area contributed by atoms with Gasteiger partial charge in [-0.2, -0.15) is 5.10 Å². The third-order valence-electron chi connectivity index (χ3n) is 4.31. The highest BCUT2D eigenvalue weighted by molar-refractivity contribution is 7.89. The van der Waals surface area contributed by atoms with Gasteiger partial charge in [0.1, 0.15) is 17.9 Å². The van der Waals surface area contributed by atoms with E-state index in [1.807, 2.05) is 13.8 Å². The van der Waals surface area contributed by atoms with Gasteiger partial charge in [0.05, 0.1) is 40.3 Å². The third kappa shape index (κ3) is 3.72. The number of aromatic amines is 1. The summed E-state index contributed by atoms with van der Waals surface area (Å²) >= 11 is 0. The zero-order valence-corrected chi connectivity index (χ0v) is 17.3. The van der Waals surface area contributed by atoms with Crippen molar-refractivity contribution < 1.29 is 17.6 Å². The van der Waals surface area contributed by atoms with Crippen LogP contribution < -0.4 is 14.8 Å². The number of rotatable bonds is 7. The normalized spacial score (nSPS) is 11.9. The molecule has 0 aliphatic heterocycles. The minimum Gasteiger partial charge on any atom is -0.489 e. The van der Waals surface area contributed by atoms with E-state index in [1.54, 1.807) is 24.7 Å². The van der Waals surface area contributed by atoms with Crippen molar-refractivity contribution in [3.8, 4) is 17.0 Å². The van der Waals surface area contributed by atoms with Gasteiger partial charge in [-0.25, -0.2) is 23.1 Å². The molecule has 0 aliphatic carbocycles. The van der Waals surface area contributed by atoms with Gasteiger partial charge in [-0.1, -0.05) is 0 Å². The van der Waals surface area contributed by atoms with Gasteiger partial charge in [0.2, 0.25) is 10.0 Å². The average molecular weight is 428 g/mol. The number of benzene rings is 1. The van der Waals surface area contributed by atoms with Crippen LogP contribution in [0.25, 0.3) is 22.3 Å². The predicted octanol–water partition coefficient (Wildman–Crippen LogP) is 3.05. The van der Waals surface area contributed by atoms with Crippen molar-refractivity contribution in [1.29, 1.82) is 0 Å². The number of sulfonamides is 1. The predicted molar refractivity (Wildman–Crippen MR) is 111 cm³/mol. The van der Waals surface area contributed by atoms with Crippen LogP contribution in [0.4, 0.5) is 11.5 Å². The number of furan rings is 1. The monoisotopic (exact) mass is 428 g/mol. The Morgan fingerprint density at radius 1 is 1.20 bits per heavy atom. The number of nitrogens with zero attached hydrogens (tertiary/aromatic N) is 3. The first-order chi connectivity index (χ1) is 14.4. The maximum Gasteiger partial charge on any atom is 0.240 e. The van der Waals surface area contributed by atoms with Gasteiger partial charge in [0.15, 0.2) is 5.65 Å². The van der Waals surface area contributed by atoms with E-state index in [9.17, 15) is 8.42 Å². The van der Waals surface area contributed by atoms with Gasteiger partial charge >= 0.3 is 0 Å². The van der Waals surface area contributed by atoms with Crippen molar-refractivity contribution >= 4 is 32.6 Å². The molecule has 11 heteroatoms. The molecule has 0 atom stereocenters. The molecule has 0 amide bonds. The topological polar surface area (TPSA) is 135 Å². The van der Waals surface area contributed by atoms with Crippen molar-refractivity contribution in [2.24, 2.45) is 0 Å². The molecule has 1 aromatic carbocycles. The van der Waals surface area contributed by atoms with Crippen molar-refractivity contribution in [2.45, 2.75) is 24.8 Å². The lowest BCUT2D eigenvalue weighted by molar-refractivity contribution is 0.243. The summed E-state index contributed by atoms with van der Waals surface area (Å²) in [6.45, 7) is 3.77. The minimum absolute atomic E-state index is 0.0937. The number of nitrogens with one attached hydrogen (secondary N) is 3. The molecule has 0 unspecified atom stereocenters. The van der Waals surface area contributed by atoms with Crippen molar-refractivity contribution in [3.63, 3.8) is 0 Å². The van der Waals surface area contributed by atoms with Gasteiger partial charge in [-0.15, -0.1) is 0 Å². The Morgan fingerprint density at radius 3 is 2.73 bits per heavy atom. The van der Waals surface area contributed by atoms with Gasteiger partial charge in [0.25, 0.3) is 0 Å². The van der Waals surface area contributed by atoms with E-state index < -0.39 is 10.0 Å². The molecule has 0 saturated carbocycles. The number of fused-ring (bicyclic) bond motifs is 1. The highest BCUT2D eigenvalue weighted by atomic mass is 32.2. The van der Waals surface area contributed by atoms with Gasteiger partial charge in [-0.3, -0.25) is 5.10 Å². The largest absolute Gasteiger partial charge is 0.489 e. The number of ether oxygens (including phenoxy) is 1. The Kier molecular flexibility index (Phi) is 5.14. The van der Waals surface area contributed by atoms with Crippen LogP contribution in [0.5, 0.6) is 5.75 Å². The summed E-state index contributed by atoms with van der Waals surface area (Å²) in [5.74, 6) is 0.928. The molecule has 0 fully saturated rings. The van der Waals surface area contributed by atoms with Gasteiger partial charge in [0, 0.05) is 5.56 Å². The molecule has 3 N–H and O–H groups in total. The summed E-state index contributed by atoms with van der Waals surface area (Å²) in [6.07, 6.45) is 4.40. The molecule has 156 valence electrons. The fourth-order valence-corrected chi connectivity index (χ4v) is 3.70. The molecule has 0 spiro atoms. The van der Waals surface area contributed by atoms with Crippen molar-refractivity contribution in [1.82, 2.24) is 24.9 Å². The molecule has 0 bridgehead atoms. The molecule has 0 aliphatic rings. The van der Waals surface area contributed by atoms with E-state index in [2.05, 4.69) is 30.2 Å². The van der Waals surface area contributed by atoms with E-state index in [1.165, 1.54) is 25.5 Å². The molecule has 3 heterocycles. The summed E-state index contributed by atoms with van der Waals surface area (Å²) in [5.41, 5.74) is 2.35. The number of H-pyrrole nitrogens is 1. The van der Waals surface area contributed by atoms with Crippen LogP contribution in [0.3, 0.4) is 0 Å². The Labute approximate surface area is 172 Å². The molecule has 4 rings (SSSR count). The number of hydrogen-bond acceptors (Lipinski definition) is 8. The first-order valence-electron chi connectivity index (χ1n) is 9.12. The summed E-state index contributed by atoms with van der Waals surface area (Å²) in [7, 11) is -2.28. The highest BCUT2D eigenvalue weighted by Gasteiger charge is 2.19. The van der Waals surface area contributed by atoms with E-state index in [-0.39, 0.29) is 11.0 Å². The maximum atomic E-state index is 12.3. The summed E-state index contributed by atoms with van der Waals surface area (Å²) < 4.78 is 37.9. The zero-order chi connectivity index (χ0) is 21.3. The second kappa shape index (κ2) is 7.76. The van der Waals surface area contributed by atoms with Crippen LogP contribution in [0.1, 0.15) is 13.8 Å². The van der Waals surface area contributed by atoms with Crippen LogP contribution in [0, 0.1) is 0 Å². The van der Waals surface area contributed by atoms with Gasteiger partial charge in [-0.05, 0) is 45.2 Å². The first-order valence-corrected chi connectivity index (χ1v) is 10.6. The average Bonchev–Trinajstić information content (AvgIpc) is 3.38. The fourth-order valence-electron chi connectivity index (χ4n) is 2.94. The minimum atomic E-state index is -3.64. The molecular formula is C19H20N6O4S. The lowest BCUT2D eigenvalue weighted by Crippen LogP contribution is -2.19. The Morgan fingerprint density at radius 2 is 2.03 bits per heavy atom. The molecule has 0 radical (unpaired) electrons. The van der Waals surface area contributed by atoms with Crippen LogP contribution in [0.15, 0.2) is 52.4 Å². The highest BCUT2D eigenvalue weighted by Crippen LogP contribution is 2.35. The lowest BCUT2D eigenvalue weighted by Gasteiger charge is -2.17. The van der Waals surface area contributed by atoms with E-state index in [0.717, 1.165) is 5.56 Å². The summed E-state index contributed by atoms with van der Waals surface area (Å²) in [5, 5.41) is 11.0. The molecular weight excluding hydrogens is 408 g/mol. The fraction of sp³-hybridized carbons (Fsp3) is 0.211. The van der Waals surface area contributed by atoms with Crippen LogP contribution in [-0.2, 0) is 10.0 Å². The van der Waals surface area contributed by atoms with Crippen LogP contribution in [0.2, 0.25) is 0 Å². The second-order valence-corrected chi connectivity index (χ2v) is 8.58. The summed E-state index contributed by atoms with van der Waals surface area (Å²) in [4.78, 5) is 8.63. The quantitative estimate of drug-likeness (QED) is 0.409. The van der Waals surface area contributed by atoms with Crippen molar-refractivity contribution in [3.05, 3.63) is 43.1 Å². The third-order valence-corrected chi connectivity index (χ3v) is 5.72. The van der Waals surface area contributed by atoms with Crippen LogP contribution >= 0.6 is 0 Å². The van der Waals surface area contributed by atoms with Crippen molar-refractivity contribution in [2.75, 3.05) is 12.4 Å².